The lowest BCUT2D eigenvalue weighted by molar-refractivity contribution is -0.112. The Hall–Kier alpha value is -2.58. The normalized spacial score (nSPS) is 10.8. The Morgan fingerprint density at radius 2 is 2.00 bits per heavy atom. The summed E-state index contributed by atoms with van der Waals surface area (Å²) in [6, 6.07) is 15.3. The highest BCUT2D eigenvalue weighted by Crippen LogP contribution is 2.18. The number of carbonyl (C=O) groups is 1. The molecule has 2 N–H and O–H groups in total. The van der Waals surface area contributed by atoms with Gasteiger partial charge in [0.05, 0.1) is 0 Å². The van der Waals surface area contributed by atoms with E-state index in [-0.39, 0.29) is 11.3 Å². The Morgan fingerprint density at radius 3 is 2.67 bits per heavy atom. The van der Waals surface area contributed by atoms with Gasteiger partial charge < -0.3 is 10.4 Å². The van der Waals surface area contributed by atoms with Crippen LogP contribution in [0.15, 0.2) is 58.6 Å². The number of phenolic OH excluding ortho intramolecular Hbond substituents is 1. The average molecular weight is 343 g/mol. The smallest absolute Gasteiger partial charge is 0.266 e. The number of carbonyl (C=O) groups excluding carboxylic acids is 1. The first-order valence-corrected chi connectivity index (χ1v) is 6.85. The van der Waals surface area contributed by atoms with Crippen LogP contribution in [-0.2, 0) is 4.79 Å². The zero-order valence-electron chi connectivity index (χ0n) is 10.9. The van der Waals surface area contributed by atoms with Crippen LogP contribution in [0.2, 0.25) is 0 Å². The van der Waals surface area contributed by atoms with Gasteiger partial charge >= 0.3 is 0 Å². The van der Waals surface area contributed by atoms with E-state index >= 15 is 0 Å². The summed E-state index contributed by atoms with van der Waals surface area (Å²) >= 11 is 3.31. The zero-order valence-corrected chi connectivity index (χ0v) is 12.5. The topological polar surface area (TPSA) is 73.1 Å². The van der Waals surface area contributed by atoms with Crippen LogP contribution in [0, 0.1) is 11.3 Å². The van der Waals surface area contributed by atoms with Gasteiger partial charge in [-0.15, -0.1) is 0 Å². The molecular weight excluding hydrogens is 332 g/mol. The van der Waals surface area contributed by atoms with Gasteiger partial charge in [-0.1, -0.05) is 34.1 Å². The van der Waals surface area contributed by atoms with E-state index in [1.807, 2.05) is 12.1 Å². The van der Waals surface area contributed by atoms with E-state index in [1.165, 1.54) is 18.2 Å². The van der Waals surface area contributed by atoms with Crippen LogP contribution in [0.5, 0.6) is 5.75 Å². The average Bonchev–Trinajstić information content (AvgIpc) is 2.44. The van der Waals surface area contributed by atoms with Crippen molar-refractivity contribution in [3.63, 3.8) is 0 Å². The summed E-state index contributed by atoms with van der Waals surface area (Å²) in [4.78, 5) is 12.1. The third-order valence-corrected chi connectivity index (χ3v) is 3.12. The monoisotopic (exact) mass is 342 g/mol. The van der Waals surface area contributed by atoms with Crippen molar-refractivity contribution in [1.29, 1.82) is 5.26 Å². The molecular formula is C16H11BrN2O2. The maximum atomic E-state index is 12.1. The van der Waals surface area contributed by atoms with Crippen LogP contribution in [-0.4, -0.2) is 11.0 Å². The SMILES string of the molecule is N#CC(=Cc1cccc(O)c1)C(=O)Nc1cccc(Br)c1. The van der Waals surface area contributed by atoms with E-state index in [0.29, 0.717) is 11.3 Å². The summed E-state index contributed by atoms with van der Waals surface area (Å²) < 4.78 is 0.829. The highest BCUT2D eigenvalue weighted by molar-refractivity contribution is 9.10. The number of rotatable bonds is 3. The molecule has 4 nitrogen and oxygen atoms in total. The van der Waals surface area contributed by atoms with Crippen LogP contribution in [0.4, 0.5) is 5.69 Å². The van der Waals surface area contributed by atoms with E-state index in [9.17, 15) is 9.90 Å². The number of benzene rings is 2. The fourth-order valence-corrected chi connectivity index (χ4v) is 2.09. The van der Waals surface area contributed by atoms with Crippen LogP contribution in [0.25, 0.3) is 6.08 Å². The third kappa shape index (κ3) is 4.20. The van der Waals surface area contributed by atoms with Crippen LogP contribution in [0.3, 0.4) is 0 Å². The Kier molecular flexibility index (Phi) is 4.75. The van der Waals surface area contributed by atoms with E-state index in [2.05, 4.69) is 21.2 Å². The Bertz CT molecular complexity index is 748. The number of amides is 1. The quantitative estimate of drug-likeness (QED) is 0.659. The van der Waals surface area contributed by atoms with Crippen LogP contribution < -0.4 is 5.32 Å². The zero-order chi connectivity index (χ0) is 15.2. The second-order valence-electron chi connectivity index (χ2n) is 4.23. The molecule has 2 rings (SSSR count). The number of anilines is 1. The molecule has 2 aromatic carbocycles. The summed E-state index contributed by atoms with van der Waals surface area (Å²) in [5.41, 5.74) is 1.13. The van der Waals surface area contributed by atoms with Crippen molar-refractivity contribution in [2.75, 3.05) is 5.32 Å². The predicted octanol–water partition coefficient (Wildman–Crippen LogP) is 3.70. The van der Waals surface area contributed by atoms with Gasteiger partial charge in [0.25, 0.3) is 5.91 Å². The van der Waals surface area contributed by atoms with E-state index in [1.54, 1.807) is 30.3 Å². The molecule has 21 heavy (non-hydrogen) atoms. The molecule has 0 saturated carbocycles. The number of aromatic hydroxyl groups is 1. The van der Waals surface area contributed by atoms with Crippen molar-refractivity contribution < 1.29 is 9.90 Å². The number of nitriles is 1. The number of hydrogen-bond donors (Lipinski definition) is 2. The van der Waals surface area contributed by atoms with Crippen molar-refractivity contribution in [3.8, 4) is 11.8 Å². The van der Waals surface area contributed by atoms with Crippen molar-refractivity contribution in [2.45, 2.75) is 0 Å². The lowest BCUT2D eigenvalue weighted by Gasteiger charge is -2.04. The molecule has 0 aliphatic rings. The minimum absolute atomic E-state index is 0.0411. The molecule has 0 aromatic heterocycles. The molecule has 5 heteroatoms. The first kappa shape index (κ1) is 14.8. The number of nitrogens with one attached hydrogen (secondary N) is 1. The number of nitrogens with zero attached hydrogens (tertiary/aromatic N) is 1. The van der Waals surface area contributed by atoms with Gasteiger partial charge in [-0.3, -0.25) is 4.79 Å². The predicted molar refractivity (Wildman–Crippen MR) is 84.5 cm³/mol. The molecule has 0 atom stereocenters. The maximum absolute atomic E-state index is 12.1. The van der Waals surface area contributed by atoms with Crippen molar-refractivity contribution in [2.24, 2.45) is 0 Å². The molecule has 104 valence electrons. The maximum Gasteiger partial charge on any atom is 0.266 e. The van der Waals surface area contributed by atoms with Gasteiger partial charge in [0.15, 0.2) is 0 Å². The Labute approximate surface area is 130 Å². The van der Waals surface area contributed by atoms with E-state index in [0.717, 1.165) is 4.47 Å². The van der Waals surface area contributed by atoms with Gasteiger partial charge in [0, 0.05) is 10.2 Å². The molecule has 0 fully saturated rings. The molecule has 0 aliphatic heterocycles. The summed E-state index contributed by atoms with van der Waals surface area (Å²) in [5.74, 6) is -0.424. The molecule has 0 heterocycles. The molecule has 0 spiro atoms. The van der Waals surface area contributed by atoms with Gasteiger partial charge in [-0.05, 0) is 42.0 Å². The molecule has 0 unspecified atom stereocenters. The summed E-state index contributed by atoms with van der Waals surface area (Å²) in [5, 5.41) is 21.1. The fraction of sp³-hybridized carbons (Fsp3) is 0. The Morgan fingerprint density at radius 1 is 1.24 bits per heavy atom. The summed E-state index contributed by atoms with van der Waals surface area (Å²) in [6.45, 7) is 0. The van der Waals surface area contributed by atoms with Crippen LogP contribution in [0.1, 0.15) is 5.56 Å². The largest absolute Gasteiger partial charge is 0.508 e. The summed E-state index contributed by atoms with van der Waals surface area (Å²) in [6.07, 6.45) is 1.42. The highest BCUT2D eigenvalue weighted by Gasteiger charge is 2.09. The van der Waals surface area contributed by atoms with Crippen molar-refractivity contribution in [3.05, 3.63) is 64.1 Å². The highest BCUT2D eigenvalue weighted by atomic mass is 79.9. The van der Waals surface area contributed by atoms with Gasteiger partial charge in [-0.2, -0.15) is 5.26 Å². The summed E-state index contributed by atoms with van der Waals surface area (Å²) in [7, 11) is 0. The molecule has 2 aromatic rings. The molecule has 0 bridgehead atoms. The van der Waals surface area contributed by atoms with Gasteiger partial charge in [-0.25, -0.2) is 0 Å². The van der Waals surface area contributed by atoms with Crippen molar-refractivity contribution in [1.82, 2.24) is 0 Å². The third-order valence-electron chi connectivity index (χ3n) is 2.63. The fourth-order valence-electron chi connectivity index (χ4n) is 1.69. The molecule has 1 amide bonds. The molecule has 0 saturated heterocycles. The standard InChI is InChI=1S/C16H11BrN2O2/c17-13-4-2-5-14(9-13)19-16(21)12(10-18)7-11-3-1-6-15(20)8-11/h1-9,20H,(H,19,21). The lowest BCUT2D eigenvalue weighted by Crippen LogP contribution is -2.13. The number of phenols is 1. The first-order chi connectivity index (χ1) is 10.1. The molecule has 0 radical (unpaired) electrons. The van der Waals surface area contributed by atoms with E-state index < -0.39 is 5.91 Å². The second kappa shape index (κ2) is 6.73. The van der Waals surface area contributed by atoms with E-state index in [4.69, 9.17) is 5.26 Å². The Balaban J connectivity index is 2.21. The van der Waals surface area contributed by atoms with Crippen molar-refractivity contribution >= 4 is 33.6 Å². The van der Waals surface area contributed by atoms with Gasteiger partial charge in [0.2, 0.25) is 0 Å². The number of halogens is 1. The first-order valence-electron chi connectivity index (χ1n) is 6.06. The molecule has 0 aliphatic carbocycles. The number of hydrogen-bond acceptors (Lipinski definition) is 3. The lowest BCUT2D eigenvalue weighted by atomic mass is 10.1. The second-order valence-corrected chi connectivity index (χ2v) is 5.14. The minimum atomic E-state index is -0.501. The minimum Gasteiger partial charge on any atom is -0.508 e. The van der Waals surface area contributed by atoms with Gasteiger partial charge in [0.1, 0.15) is 17.4 Å². The van der Waals surface area contributed by atoms with Crippen LogP contribution >= 0.6 is 15.9 Å².